The zero-order chi connectivity index (χ0) is 32.0. The maximum Gasteiger partial charge on any atom is 0.264 e. The van der Waals surface area contributed by atoms with Crippen molar-refractivity contribution in [2.24, 2.45) is 0 Å². The second-order valence-corrected chi connectivity index (χ2v) is 13.4. The van der Waals surface area contributed by atoms with Crippen molar-refractivity contribution >= 4 is 62.3 Å². The van der Waals surface area contributed by atoms with Crippen molar-refractivity contribution in [1.82, 2.24) is 10.2 Å². The van der Waals surface area contributed by atoms with E-state index in [9.17, 15) is 18.0 Å². The lowest BCUT2D eigenvalue weighted by molar-refractivity contribution is -0.139. The Kier molecular flexibility index (Phi) is 11.0. The summed E-state index contributed by atoms with van der Waals surface area (Å²) in [5.74, 6) is -1.07. The molecule has 0 aliphatic rings. The number of anilines is 1. The Morgan fingerprint density at radius 1 is 0.841 bits per heavy atom. The van der Waals surface area contributed by atoms with Crippen LogP contribution in [0, 0.1) is 13.8 Å². The molecule has 0 heterocycles. The summed E-state index contributed by atoms with van der Waals surface area (Å²) in [6, 6.07) is 24.4. The number of sulfonamides is 1. The molecule has 2 amide bonds. The van der Waals surface area contributed by atoms with Crippen molar-refractivity contribution in [2.45, 2.75) is 37.8 Å². The molecule has 1 atom stereocenters. The molecule has 0 radical (unpaired) electrons. The van der Waals surface area contributed by atoms with Gasteiger partial charge < -0.3 is 10.2 Å². The first-order valence-electron chi connectivity index (χ1n) is 13.8. The van der Waals surface area contributed by atoms with Crippen LogP contribution in [0.2, 0.25) is 15.1 Å². The quantitative estimate of drug-likeness (QED) is 0.189. The van der Waals surface area contributed by atoms with Crippen molar-refractivity contribution < 1.29 is 18.0 Å². The number of hydrogen-bond donors (Lipinski definition) is 1. The molecule has 4 aromatic carbocycles. The number of hydrogen-bond acceptors (Lipinski definition) is 4. The Hall–Kier alpha value is -3.56. The third-order valence-corrected chi connectivity index (χ3v) is 9.95. The zero-order valence-corrected chi connectivity index (χ0v) is 27.5. The third kappa shape index (κ3) is 7.74. The summed E-state index contributed by atoms with van der Waals surface area (Å²) in [5.41, 5.74) is 2.94. The number of nitrogens with one attached hydrogen (secondary N) is 1. The normalized spacial score (nSPS) is 12.0. The lowest BCUT2D eigenvalue weighted by Crippen LogP contribution is -2.53. The first kappa shape index (κ1) is 33.3. The van der Waals surface area contributed by atoms with E-state index in [1.807, 2.05) is 37.3 Å². The standard InChI is InChI=1S/C33H32Cl3N3O4S/c1-22-12-16-26(17-13-22)44(42,43)39(30-19-25(34)15-14-23(30)2)21-32(40)38(20-27-28(35)10-7-11-29(27)36)31(33(41)37-3)18-24-8-5-4-6-9-24/h4-17,19,31H,18,20-21H2,1-3H3,(H,37,41). The molecular formula is C33H32Cl3N3O4S. The van der Waals surface area contributed by atoms with E-state index in [1.54, 1.807) is 49.4 Å². The van der Waals surface area contributed by atoms with Crippen LogP contribution in [0.25, 0.3) is 0 Å². The van der Waals surface area contributed by atoms with Gasteiger partial charge in [-0.3, -0.25) is 13.9 Å². The fourth-order valence-electron chi connectivity index (χ4n) is 4.78. The van der Waals surface area contributed by atoms with E-state index in [0.717, 1.165) is 15.4 Å². The molecule has 0 bridgehead atoms. The Labute approximate surface area is 273 Å². The van der Waals surface area contributed by atoms with Crippen LogP contribution in [0.5, 0.6) is 0 Å². The first-order valence-corrected chi connectivity index (χ1v) is 16.3. The molecule has 44 heavy (non-hydrogen) atoms. The maximum absolute atomic E-state index is 14.5. The van der Waals surface area contributed by atoms with E-state index in [4.69, 9.17) is 34.8 Å². The van der Waals surface area contributed by atoms with E-state index in [-0.39, 0.29) is 23.5 Å². The summed E-state index contributed by atoms with van der Waals surface area (Å²) in [7, 11) is -2.78. The summed E-state index contributed by atoms with van der Waals surface area (Å²) >= 11 is 19.4. The number of halogens is 3. The monoisotopic (exact) mass is 671 g/mol. The fraction of sp³-hybridized carbons (Fsp3) is 0.212. The largest absolute Gasteiger partial charge is 0.357 e. The summed E-state index contributed by atoms with van der Waals surface area (Å²) in [6.07, 6.45) is 0.162. The van der Waals surface area contributed by atoms with Gasteiger partial charge in [0.1, 0.15) is 12.6 Å². The minimum Gasteiger partial charge on any atom is -0.357 e. The Morgan fingerprint density at radius 2 is 1.48 bits per heavy atom. The van der Waals surface area contributed by atoms with E-state index in [1.165, 1.54) is 30.1 Å². The number of nitrogens with zero attached hydrogens (tertiary/aromatic N) is 2. The maximum atomic E-state index is 14.5. The van der Waals surface area contributed by atoms with Gasteiger partial charge in [0.05, 0.1) is 10.6 Å². The van der Waals surface area contributed by atoms with Gasteiger partial charge in [-0.05, 0) is 61.4 Å². The van der Waals surface area contributed by atoms with E-state index in [0.29, 0.717) is 26.2 Å². The molecule has 0 aliphatic carbocycles. The number of carbonyl (C=O) groups excluding carboxylic acids is 2. The van der Waals surface area contributed by atoms with Gasteiger partial charge in [-0.25, -0.2) is 8.42 Å². The van der Waals surface area contributed by atoms with Gasteiger partial charge >= 0.3 is 0 Å². The highest BCUT2D eigenvalue weighted by Crippen LogP contribution is 2.31. The van der Waals surface area contributed by atoms with Gasteiger partial charge in [-0.2, -0.15) is 0 Å². The lowest BCUT2D eigenvalue weighted by atomic mass is 10.0. The van der Waals surface area contributed by atoms with E-state index < -0.39 is 34.4 Å². The molecule has 4 rings (SSSR count). The average molecular weight is 673 g/mol. The van der Waals surface area contributed by atoms with E-state index >= 15 is 0 Å². The summed E-state index contributed by atoms with van der Waals surface area (Å²) in [5, 5.41) is 3.56. The molecular weight excluding hydrogens is 641 g/mol. The van der Waals surface area contributed by atoms with Gasteiger partial charge in [0, 0.05) is 40.6 Å². The van der Waals surface area contributed by atoms with E-state index in [2.05, 4.69) is 5.32 Å². The highest BCUT2D eigenvalue weighted by atomic mass is 35.5. The van der Waals surface area contributed by atoms with Crippen LogP contribution in [0.3, 0.4) is 0 Å². The summed E-state index contributed by atoms with van der Waals surface area (Å²) in [4.78, 5) is 29.2. The smallest absolute Gasteiger partial charge is 0.264 e. The van der Waals surface area contributed by atoms with Crippen LogP contribution in [-0.2, 0) is 32.6 Å². The van der Waals surface area contributed by atoms with Crippen molar-refractivity contribution in [3.8, 4) is 0 Å². The van der Waals surface area contributed by atoms with Crippen molar-refractivity contribution in [2.75, 3.05) is 17.9 Å². The van der Waals surface area contributed by atoms with Crippen molar-refractivity contribution in [3.05, 3.63) is 128 Å². The number of likely N-dealkylation sites (N-methyl/N-ethyl adjacent to an activating group) is 1. The SMILES string of the molecule is CNC(=O)C(Cc1ccccc1)N(Cc1c(Cl)cccc1Cl)C(=O)CN(c1cc(Cl)ccc1C)S(=O)(=O)c1ccc(C)cc1. The molecule has 1 N–H and O–H groups in total. The molecule has 11 heteroatoms. The zero-order valence-electron chi connectivity index (χ0n) is 24.4. The predicted octanol–water partition coefficient (Wildman–Crippen LogP) is 6.85. The molecule has 1 unspecified atom stereocenters. The van der Waals surface area contributed by atoms with Crippen molar-refractivity contribution in [1.29, 1.82) is 0 Å². The van der Waals surface area contributed by atoms with Crippen LogP contribution in [0.1, 0.15) is 22.3 Å². The van der Waals surface area contributed by atoms with Crippen LogP contribution < -0.4 is 9.62 Å². The second-order valence-electron chi connectivity index (χ2n) is 10.3. The summed E-state index contributed by atoms with van der Waals surface area (Å²) in [6.45, 7) is 2.82. The van der Waals surface area contributed by atoms with Gasteiger partial charge in [-0.1, -0.05) is 95.0 Å². The molecule has 0 saturated carbocycles. The second kappa shape index (κ2) is 14.5. The highest BCUT2D eigenvalue weighted by Gasteiger charge is 2.35. The lowest BCUT2D eigenvalue weighted by Gasteiger charge is -2.34. The van der Waals surface area contributed by atoms with Crippen LogP contribution >= 0.6 is 34.8 Å². The predicted molar refractivity (Wildman–Crippen MR) is 177 cm³/mol. The Balaban J connectivity index is 1.85. The first-order chi connectivity index (χ1) is 20.9. The van der Waals surface area contributed by atoms with Crippen molar-refractivity contribution in [3.63, 3.8) is 0 Å². The molecule has 0 spiro atoms. The van der Waals surface area contributed by atoms with Crippen LogP contribution in [0.4, 0.5) is 5.69 Å². The number of rotatable bonds is 11. The van der Waals surface area contributed by atoms with Gasteiger partial charge in [0.15, 0.2) is 0 Å². The Bertz CT molecular complexity index is 1730. The molecule has 230 valence electrons. The van der Waals surface area contributed by atoms with Gasteiger partial charge in [-0.15, -0.1) is 0 Å². The minimum atomic E-state index is -4.26. The molecule has 0 aliphatic heterocycles. The van der Waals surface area contributed by atoms with Gasteiger partial charge in [0.25, 0.3) is 10.0 Å². The minimum absolute atomic E-state index is 0.00288. The summed E-state index contributed by atoms with van der Waals surface area (Å²) < 4.78 is 29.4. The fourth-order valence-corrected chi connectivity index (χ4v) is 6.93. The van der Waals surface area contributed by atoms with Crippen LogP contribution in [0.15, 0.2) is 95.9 Å². The number of benzene rings is 4. The Morgan fingerprint density at radius 3 is 2.09 bits per heavy atom. The van der Waals surface area contributed by atoms with Crippen LogP contribution in [-0.4, -0.2) is 44.8 Å². The average Bonchev–Trinajstić information content (AvgIpc) is 3.00. The number of carbonyl (C=O) groups is 2. The third-order valence-electron chi connectivity index (χ3n) is 7.24. The molecule has 0 fully saturated rings. The molecule has 7 nitrogen and oxygen atoms in total. The molecule has 0 aromatic heterocycles. The molecule has 4 aromatic rings. The number of amides is 2. The topological polar surface area (TPSA) is 86.8 Å². The van der Waals surface area contributed by atoms with Gasteiger partial charge in [0.2, 0.25) is 11.8 Å². The number of aryl methyl sites for hydroxylation is 2. The highest BCUT2D eigenvalue weighted by molar-refractivity contribution is 7.92. The molecule has 0 saturated heterocycles.